The van der Waals surface area contributed by atoms with E-state index in [1.54, 1.807) is 42.6 Å². The number of aromatic nitrogens is 1. The van der Waals surface area contributed by atoms with Crippen LogP contribution in [0.25, 0.3) is 0 Å². The Morgan fingerprint density at radius 2 is 2.00 bits per heavy atom. The molecule has 0 atom stereocenters. The van der Waals surface area contributed by atoms with Crippen LogP contribution in [0.3, 0.4) is 0 Å². The van der Waals surface area contributed by atoms with Gasteiger partial charge in [0.2, 0.25) is 0 Å². The van der Waals surface area contributed by atoms with E-state index in [1.165, 1.54) is 0 Å². The van der Waals surface area contributed by atoms with Crippen molar-refractivity contribution in [1.29, 1.82) is 0 Å². The largest absolute Gasteiger partial charge is 0.399 e. The molecule has 94 valence electrons. The fraction of sp³-hybridized carbons (Fsp3) is 0.0833. The zero-order valence-corrected chi connectivity index (χ0v) is 10.1. The van der Waals surface area contributed by atoms with Crippen LogP contribution in [0.1, 0.15) is 0 Å². The van der Waals surface area contributed by atoms with E-state index in [2.05, 4.69) is 10.3 Å². The maximum atomic E-state index is 12.4. The average Bonchev–Trinajstić information content (AvgIpc) is 2.31. The van der Waals surface area contributed by atoms with Gasteiger partial charge in [-0.25, -0.2) is 4.98 Å². The summed E-state index contributed by atoms with van der Waals surface area (Å²) in [6.07, 6.45) is 1.56. The van der Waals surface area contributed by atoms with E-state index in [4.69, 9.17) is 5.73 Å². The number of nitrogens with zero attached hydrogens (tertiary/aromatic N) is 1. The Balaban J connectivity index is 2.23. The highest BCUT2D eigenvalue weighted by molar-refractivity contribution is 7.99. The van der Waals surface area contributed by atoms with Crippen LogP contribution >= 0.6 is 11.8 Å². The maximum Gasteiger partial charge on any atom is 0.288 e. The fourth-order valence-electron chi connectivity index (χ4n) is 1.42. The number of hydrogen-bond acceptors (Lipinski definition) is 4. The number of alkyl halides is 2. The molecule has 6 heteroatoms. The van der Waals surface area contributed by atoms with Crippen LogP contribution in [-0.4, -0.2) is 10.7 Å². The van der Waals surface area contributed by atoms with Crippen molar-refractivity contribution in [3.05, 3.63) is 42.6 Å². The van der Waals surface area contributed by atoms with Gasteiger partial charge in [-0.1, -0.05) is 23.9 Å². The summed E-state index contributed by atoms with van der Waals surface area (Å²) in [5.74, 6) is -1.93. The second-order valence-electron chi connectivity index (χ2n) is 3.47. The van der Waals surface area contributed by atoms with Crippen molar-refractivity contribution in [2.24, 2.45) is 0 Å². The van der Waals surface area contributed by atoms with E-state index >= 15 is 0 Å². The van der Waals surface area contributed by atoms with Crippen molar-refractivity contribution in [3.63, 3.8) is 0 Å². The lowest BCUT2D eigenvalue weighted by Crippen LogP contribution is -1.97. The van der Waals surface area contributed by atoms with Crippen LogP contribution in [-0.2, 0) is 0 Å². The van der Waals surface area contributed by atoms with E-state index in [1.807, 2.05) is 0 Å². The SMILES string of the molecule is Nc1ccnc(Nc2ccccc2SC(F)F)c1. The van der Waals surface area contributed by atoms with Gasteiger partial charge in [0.15, 0.2) is 0 Å². The average molecular weight is 267 g/mol. The summed E-state index contributed by atoms with van der Waals surface area (Å²) in [5, 5.41) is 2.97. The summed E-state index contributed by atoms with van der Waals surface area (Å²) in [7, 11) is 0. The number of hydrogen-bond donors (Lipinski definition) is 2. The van der Waals surface area contributed by atoms with Crippen LogP contribution in [0.4, 0.5) is 26.0 Å². The molecule has 3 N–H and O–H groups in total. The highest BCUT2D eigenvalue weighted by atomic mass is 32.2. The topological polar surface area (TPSA) is 50.9 Å². The predicted molar refractivity (Wildman–Crippen MR) is 70.2 cm³/mol. The van der Waals surface area contributed by atoms with Crippen LogP contribution in [0.5, 0.6) is 0 Å². The van der Waals surface area contributed by atoms with Gasteiger partial charge in [0.25, 0.3) is 5.76 Å². The number of para-hydroxylation sites is 1. The molecule has 0 saturated heterocycles. The monoisotopic (exact) mass is 267 g/mol. The molecule has 0 radical (unpaired) electrons. The van der Waals surface area contributed by atoms with E-state index in [9.17, 15) is 8.78 Å². The summed E-state index contributed by atoms with van der Waals surface area (Å²) in [6.45, 7) is 0. The molecule has 2 aromatic rings. The van der Waals surface area contributed by atoms with Gasteiger partial charge in [-0.05, 0) is 18.2 Å². The molecule has 0 amide bonds. The summed E-state index contributed by atoms with van der Waals surface area (Å²) in [5.41, 5.74) is 6.77. The summed E-state index contributed by atoms with van der Waals surface area (Å²) in [4.78, 5) is 4.54. The molecule has 0 aliphatic carbocycles. The van der Waals surface area contributed by atoms with Crippen molar-refractivity contribution in [2.45, 2.75) is 10.7 Å². The predicted octanol–water partition coefficient (Wildman–Crippen LogP) is 3.72. The number of thioether (sulfide) groups is 1. The van der Waals surface area contributed by atoms with Gasteiger partial charge in [0.1, 0.15) is 5.82 Å². The van der Waals surface area contributed by atoms with Gasteiger partial charge < -0.3 is 11.1 Å². The molecule has 18 heavy (non-hydrogen) atoms. The number of rotatable bonds is 4. The smallest absolute Gasteiger partial charge is 0.288 e. The summed E-state index contributed by atoms with van der Waals surface area (Å²) >= 11 is 0.494. The minimum Gasteiger partial charge on any atom is -0.399 e. The number of nitrogens with two attached hydrogens (primary N) is 1. The Morgan fingerprint density at radius 3 is 2.72 bits per heavy atom. The lowest BCUT2D eigenvalue weighted by molar-refractivity contribution is 0.252. The molecule has 0 saturated carbocycles. The number of pyridine rings is 1. The first-order chi connectivity index (χ1) is 8.65. The lowest BCUT2D eigenvalue weighted by Gasteiger charge is -2.10. The molecule has 3 nitrogen and oxygen atoms in total. The first-order valence-corrected chi connectivity index (χ1v) is 6.05. The Labute approximate surface area is 107 Å². The van der Waals surface area contributed by atoms with Gasteiger partial charge in [-0.3, -0.25) is 0 Å². The molecule has 0 spiro atoms. The molecule has 2 rings (SSSR count). The van der Waals surface area contributed by atoms with Crippen LogP contribution in [0.15, 0.2) is 47.5 Å². The highest BCUT2D eigenvalue weighted by Gasteiger charge is 2.09. The third-order valence-corrected chi connectivity index (χ3v) is 2.94. The number of halogens is 2. The first kappa shape index (κ1) is 12.6. The van der Waals surface area contributed by atoms with Gasteiger partial charge in [-0.2, -0.15) is 8.78 Å². The van der Waals surface area contributed by atoms with Crippen LogP contribution < -0.4 is 11.1 Å². The highest BCUT2D eigenvalue weighted by Crippen LogP contribution is 2.33. The molecule has 0 aliphatic rings. The van der Waals surface area contributed by atoms with Crippen molar-refractivity contribution in [3.8, 4) is 0 Å². The maximum absolute atomic E-state index is 12.4. The standard InChI is InChI=1S/C12H11F2N3S/c13-12(14)18-10-4-2-1-3-9(10)17-11-7-8(15)5-6-16-11/h1-7,12H,(H3,15,16,17). The second kappa shape index (κ2) is 5.68. The van der Waals surface area contributed by atoms with Gasteiger partial charge in [-0.15, -0.1) is 0 Å². The Bertz CT molecular complexity index is 534. The van der Waals surface area contributed by atoms with Gasteiger partial charge in [0, 0.05) is 22.8 Å². The molecule has 0 fully saturated rings. The third kappa shape index (κ3) is 3.33. The first-order valence-electron chi connectivity index (χ1n) is 5.17. The fourth-order valence-corrected chi connectivity index (χ4v) is 2.02. The number of benzene rings is 1. The third-order valence-electron chi connectivity index (χ3n) is 2.15. The summed E-state index contributed by atoms with van der Waals surface area (Å²) < 4.78 is 24.8. The Hall–Kier alpha value is -1.82. The van der Waals surface area contributed by atoms with E-state index in [0.717, 1.165) is 0 Å². The molecule has 1 heterocycles. The number of nitrogen functional groups attached to an aromatic ring is 1. The summed E-state index contributed by atoms with van der Waals surface area (Å²) in [6, 6.07) is 10.1. The second-order valence-corrected chi connectivity index (χ2v) is 4.51. The van der Waals surface area contributed by atoms with E-state index in [-0.39, 0.29) is 0 Å². The molecule has 1 aromatic carbocycles. The zero-order chi connectivity index (χ0) is 13.0. The Morgan fingerprint density at radius 1 is 1.22 bits per heavy atom. The number of nitrogens with one attached hydrogen (secondary N) is 1. The van der Waals surface area contributed by atoms with E-state index < -0.39 is 5.76 Å². The lowest BCUT2D eigenvalue weighted by atomic mass is 10.3. The van der Waals surface area contributed by atoms with Gasteiger partial charge in [0.05, 0.1) is 5.69 Å². The molecule has 0 bridgehead atoms. The molecular weight excluding hydrogens is 256 g/mol. The van der Waals surface area contributed by atoms with Crippen LogP contribution in [0, 0.1) is 0 Å². The van der Waals surface area contributed by atoms with Crippen molar-refractivity contribution < 1.29 is 8.78 Å². The van der Waals surface area contributed by atoms with Gasteiger partial charge >= 0.3 is 0 Å². The molecule has 0 unspecified atom stereocenters. The molecule has 1 aromatic heterocycles. The minimum atomic E-state index is -2.46. The number of anilines is 3. The minimum absolute atomic E-state index is 0.469. The quantitative estimate of drug-likeness (QED) is 0.829. The van der Waals surface area contributed by atoms with Crippen LogP contribution in [0.2, 0.25) is 0 Å². The van der Waals surface area contributed by atoms with Crippen molar-refractivity contribution >= 4 is 29.0 Å². The Kier molecular flexibility index (Phi) is 3.99. The normalized spacial score (nSPS) is 10.6. The van der Waals surface area contributed by atoms with E-state index in [0.29, 0.717) is 33.9 Å². The van der Waals surface area contributed by atoms with Crippen molar-refractivity contribution in [1.82, 2.24) is 4.98 Å². The molecular formula is C12H11F2N3S. The van der Waals surface area contributed by atoms with Crippen molar-refractivity contribution in [2.75, 3.05) is 11.1 Å². The zero-order valence-electron chi connectivity index (χ0n) is 9.31. The molecule has 0 aliphatic heterocycles.